The molecule has 7 rings (SSSR count). The summed E-state index contributed by atoms with van der Waals surface area (Å²) in [4.78, 5) is 56.4. The van der Waals surface area contributed by atoms with Crippen LogP contribution in [0.25, 0.3) is 16.5 Å². The van der Waals surface area contributed by atoms with E-state index in [2.05, 4.69) is 41.7 Å². The Bertz CT molecular complexity index is 2260. The van der Waals surface area contributed by atoms with Crippen LogP contribution in [0.5, 0.6) is 11.5 Å². The summed E-state index contributed by atoms with van der Waals surface area (Å²) in [5.74, 6) is 1.45. The Hall–Kier alpha value is -6.03. The van der Waals surface area contributed by atoms with E-state index in [-0.39, 0.29) is 35.6 Å². The fourth-order valence-electron chi connectivity index (χ4n) is 6.26. The van der Waals surface area contributed by atoms with Gasteiger partial charge in [0.1, 0.15) is 17.3 Å². The fraction of sp³-hybridized carbons (Fsp3) is 0.349. The van der Waals surface area contributed by atoms with Crippen LogP contribution in [0, 0.1) is 6.92 Å². The molecule has 59 heavy (non-hydrogen) atoms. The first-order chi connectivity index (χ1) is 28.3. The molecule has 5 aromatic rings. The molecule has 2 aromatic heterocycles. The Labute approximate surface area is 347 Å². The highest BCUT2D eigenvalue weighted by Gasteiger charge is 2.22. The molecule has 0 spiro atoms. The summed E-state index contributed by atoms with van der Waals surface area (Å²) in [7, 11) is 0. The number of hydrogen-bond acceptors (Lipinski definition) is 9. The number of halogens is 1. The number of pyridine rings is 1. The summed E-state index contributed by atoms with van der Waals surface area (Å²) >= 11 is 5.19. The summed E-state index contributed by atoms with van der Waals surface area (Å²) in [5.41, 5.74) is 3.72. The van der Waals surface area contributed by atoms with Gasteiger partial charge >= 0.3 is 17.4 Å². The molecule has 0 saturated carbocycles. The molecule has 0 unspecified atom stereocenters. The van der Waals surface area contributed by atoms with E-state index in [1.165, 1.54) is 0 Å². The van der Waals surface area contributed by atoms with Crippen LogP contribution in [0.15, 0.2) is 85.1 Å². The second-order valence-corrected chi connectivity index (χ2v) is 15.4. The molecule has 0 bridgehead atoms. The molecular formula is C43H49ClN8O7. The molecule has 0 radical (unpaired) electrons. The molecule has 310 valence electrons. The first kappa shape index (κ1) is 42.6. The molecule has 3 N–H and O–H groups in total. The van der Waals surface area contributed by atoms with E-state index in [0.717, 1.165) is 27.7 Å². The standard InChI is InChI=1S/C38H41N7O5.C5H8ClNO2/c1-25-9-11-27(12-10-25)45-35(23-34(43-45)38(2,3)4)42-36(47)41-32-13-14-33(31-8-6-5-7-30(31)32)50-29-15-16-39-26(22-29)21-28(46)24-40-37(48)44-17-19-49-20-18-44;6-5(8)7-1-3-9-4-2-7/h5-16,22-23H,17-21,24H2,1-4H3,(H,40,48)(H2,41,42,47);1-4H2. The number of carbonyl (C=O) groups excluding carboxylic acids is 4. The first-order valence-electron chi connectivity index (χ1n) is 19.4. The quantitative estimate of drug-likeness (QED) is 0.102. The second kappa shape index (κ2) is 19.6. The number of hydrogen-bond donors (Lipinski definition) is 3. The third-order valence-electron chi connectivity index (χ3n) is 9.52. The number of morpholine rings is 2. The first-order valence-corrected chi connectivity index (χ1v) is 19.8. The van der Waals surface area contributed by atoms with Gasteiger partial charge in [0.25, 0.3) is 0 Å². The Morgan fingerprint density at radius 3 is 2.12 bits per heavy atom. The van der Waals surface area contributed by atoms with Gasteiger partial charge in [-0.15, -0.1) is 0 Å². The molecule has 2 saturated heterocycles. The Morgan fingerprint density at radius 1 is 0.814 bits per heavy atom. The molecule has 0 atom stereocenters. The number of rotatable bonds is 9. The number of aromatic nitrogens is 3. The average Bonchev–Trinajstić information content (AvgIpc) is 3.66. The van der Waals surface area contributed by atoms with Crippen molar-refractivity contribution in [2.45, 2.75) is 39.5 Å². The predicted octanol–water partition coefficient (Wildman–Crippen LogP) is 7.29. The van der Waals surface area contributed by atoms with Crippen molar-refractivity contribution in [2.24, 2.45) is 0 Å². The zero-order valence-electron chi connectivity index (χ0n) is 33.6. The smallest absolute Gasteiger partial charge is 0.324 e. The van der Waals surface area contributed by atoms with Crippen molar-refractivity contribution >= 4 is 57.1 Å². The topological polar surface area (TPSA) is 169 Å². The second-order valence-electron chi connectivity index (χ2n) is 15.1. The lowest BCUT2D eigenvalue weighted by Crippen LogP contribution is -2.47. The molecule has 15 nitrogen and oxygen atoms in total. The number of carbonyl (C=O) groups is 4. The van der Waals surface area contributed by atoms with Crippen molar-refractivity contribution in [1.29, 1.82) is 0 Å². The number of ether oxygens (including phenoxy) is 3. The highest BCUT2D eigenvalue weighted by Crippen LogP contribution is 2.35. The van der Waals surface area contributed by atoms with Crippen LogP contribution in [0.3, 0.4) is 0 Å². The molecular weight excluding hydrogens is 776 g/mol. The lowest BCUT2D eigenvalue weighted by atomic mass is 9.92. The Balaban J connectivity index is 0.000000575. The molecule has 3 aromatic carbocycles. The summed E-state index contributed by atoms with van der Waals surface area (Å²) in [6.07, 6.45) is 1.62. The fourth-order valence-corrected chi connectivity index (χ4v) is 6.43. The minimum atomic E-state index is -0.415. The molecule has 16 heteroatoms. The van der Waals surface area contributed by atoms with Gasteiger partial charge in [0.2, 0.25) is 0 Å². The van der Waals surface area contributed by atoms with Crippen LogP contribution in [-0.2, 0) is 26.1 Å². The van der Waals surface area contributed by atoms with Gasteiger partial charge in [-0.3, -0.25) is 19.9 Å². The normalized spacial score (nSPS) is 14.2. The van der Waals surface area contributed by atoms with Crippen LogP contribution in [0.4, 0.5) is 25.9 Å². The van der Waals surface area contributed by atoms with Crippen LogP contribution < -0.4 is 20.7 Å². The zero-order chi connectivity index (χ0) is 41.9. The minimum absolute atomic E-state index is 0.0410. The number of nitrogens with zero attached hydrogens (tertiary/aromatic N) is 5. The number of nitrogens with one attached hydrogen (secondary N) is 3. The maximum absolute atomic E-state index is 13.4. The van der Waals surface area contributed by atoms with Crippen molar-refractivity contribution < 1.29 is 33.4 Å². The van der Waals surface area contributed by atoms with Crippen molar-refractivity contribution in [3.05, 3.63) is 102 Å². The number of Topliss-reactive ketones (excluding diaryl/α,β-unsaturated/α-hetero) is 1. The number of urea groups is 2. The van der Waals surface area contributed by atoms with E-state index >= 15 is 0 Å². The molecule has 0 aliphatic carbocycles. The van der Waals surface area contributed by atoms with Crippen LogP contribution >= 0.6 is 11.6 Å². The van der Waals surface area contributed by atoms with E-state index in [0.29, 0.717) is 81.3 Å². The lowest BCUT2D eigenvalue weighted by Gasteiger charge is -2.26. The van der Waals surface area contributed by atoms with Gasteiger partial charge in [-0.1, -0.05) is 62.7 Å². The molecule has 2 aliphatic heterocycles. The third-order valence-corrected chi connectivity index (χ3v) is 9.76. The van der Waals surface area contributed by atoms with E-state index in [1.807, 2.05) is 61.5 Å². The number of ketones is 1. The van der Waals surface area contributed by atoms with Gasteiger partial charge in [0.05, 0.1) is 62.2 Å². The molecule has 5 amide bonds. The summed E-state index contributed by atoms with van der Waals surface area (Å²) in [6, 6.07) is 23.8. The van der Waals surface area contributed by atoms with Gasteiger partial charge in [-0.05, 0) is 48.9 Å². The maximum Gasteiger partial charge on any atom is 0.324 e. The Morgan fingerprint density at radius 2 is 1.47 bits per heavy atom. The number of benzene rings is 3. The van der Waals surface area contributed by atoms with Crippen molar-refractivity contribution in [1.82, 2.24) is 29.9 Å². The van der Waals surface area contributed by atoms with Crippen molar-refractivity contribution in [3.63, 3.8) is 0 Å². The number of fused-ring (bicyclic) bond motifs is 1. The highest BCUT2D eigenvalue weighted by atomic mass is 35.5. The van der Waals surface area contributed by atoms with E-state index in [4.69, 9.17) is 30.9 Å². The van der Waals surface area contributed by atoms with E-state index in [9.17, 15) is 19.2 Å². The van der Waals surface area contributed by atoms with Gasteiger partial charge < -0.3 is 34.6 Å². The summed E-state index contributed by atoms with van der Waals surface area (Å²) in [6.45, 7) is 12.6. The van der Waals surface area contributed by atoms with Crippen LogP contribution in [-0.4, -0.2) is 107 Å². The molecule has 4 heterocycles. The van der Waals surface area contributed by atoms with E-state index < -0.39 is 6.03 Å². The van der Waals surface area contributed by atoms with Gasteiger partial charge in [0.15, 0.2) is 5.78 Å². The van der Waals surface area contributed by atoms with Gasteiger partial charge in [-0.2, -0.15) is 5.10 Å². The number of aryl methyl sites for hydroxylation is 1. The predicted molar refractivity (Wildman–Crippen MR) is 226 cm³/mol. The summed E-state index contributed by atoms with van der Waals surface area (Å²) < 4.78 is 18.3. The van der Waals surface area contributed by atoms with Crippen LogP contribution in [0.1, 0.15) is 37.7 Å². The van der Waals surface area contributed by atoms with Gasteiger partial charge in [-0.25, -0.2) is 14.3 Å². The lowest BCUT2D eigenvalue weighted by molar-refractivity contribution is -0.117. The summed E-state index contributed by atoms with van der Waals surface area (Å²) in [5, 5.41) is 14.7. The SMILES string of the molecule is Cc1ccc(-n2nc(C(C)(C)C)cc2NC(=O)Nc2ccc(Oc3ccnc(CC(=O)CNC(=O)N4CCOCC4)c3)c3ccccc23)cc1.O=C(Cl)N1CCOCC1. The maximum atomic E-state index is 13.4. The minimum Gasteiger partial charge on any atom is -0.457 e. The highest BCUT2D eigenvalue weighted by molar-refractivity contribution is 6.62. The third kappa shape index (κ3) is 11.8. The molecule has 2 aliphatic rings. The monoisotopic (exact) mass is 824 g/mol. The van der Waals surface area contributed by atoms with Crippen LogP contribution in [0.2, 0.25) is 0 Å². The largest absolute Gasteiger partial charge is 0.457 e. The van der Waals surface area contributed by atoms with E-state index in [1.54, 1.807) is 44.9 Å². The molecule has 2 fully saturated rings. The number of anilines is 2. The van der Waals surface area contributed by atoms with Crippen molar-refractivity contribution in [2.75, 3.05) is 69.8 Å². The zero-order valence-corrected chi connectivity index (χ0v) is 34.4. The van der Waals surface area contributed by atoms with Gasteiger partial charge in [0, 0.05) is 60.7 Å². The Kier molecular flexibility index (Phi) is 14.2. The number of amides is 5. The average molecular weight is 825 g/mol. The van der Waals surface area contributed by atoms with Crippen molar-refractivity contribution in [3.8, 4) is 17.2 Å².